The van der Waals surface area contributed by atoms with E-state index in [4.69, 9.17) is 6.42 Å². The fourth-order valence-electron chi connectivity index (χ4n) is 1.83. The van der Waals surface area contributed by atoms with E-state index in [1.165, 1.54) is 16.3 Å². The van der Waals surface area contributed by atoms with E-state index in [2.05, 4.69) is 21.4 Å². The highest BCUT2D eigenvalue weighted by molar-refractivity contribution is 7.99. The van der Waals surface area contributed by atoms with Crippen molar-refractivity contribution in [2.24, 2.45) is 0 Å². The molecule has 1 aromatic heterocycles. The Balaban J connectivity index is 1.95. The quantitative estimate of drug-likeness (QED) is 0.581. The Hall–Kier alpha value is -2.46. The van der Waals surface area contributed by atoms with Gasteiger partial charge in [-0.3, -0.25) is 9.36 Å². The molecule has 1 aromatic carbocycles. The average molecular weight is 316 g/mol. The van der Waals surface area contributed by atoms with E-state index in [0.29, 0.717) is 11.7 Å². The lowest BCUT2D eigenvalue weighted by molar-refractivity contribution is -0.118. The number of terminal acetylenes is 1. The van der Waals surface area contributed by atoms with Crippen molar-refractivity contribution >= 4 is 17.7 Å². The SMILES string of the molecule is C#CCNC(=O)CSc1n[nH]c(=O)n1CCc1ccccc1. The van der Waals surface area contributed by atoms with Crippen LogP contribution in [-0.2, 0) is 17.8 Å². The maximum atomic E-state index is 11.8. The minimum atomic E-state index is -0.275. The summed E-state index contributed by atoms with van der Waals surface area (Å²) in [5, 5.41) is 9.42. The Bertz CT molecular complexity index is 715. The van der Waals surface area contributed by atoms with Crippen LogP contribution in [0.5, 0.6) is 0 Å². The van der Waals surface area contributed by atoms with Crippen LogP contribution in [0.15, 0.2) is 40.3 Å². The van der Waals surface area contributed by atoms with Gasteiger partial charge >= 0.3 is 5.69 Å². The second-order valence-corrected chi connectivity index (χ2v) is 5.41. The molecule has 114 valence electrons. The maximum absolute atomic E-state index is 11.8. The van der Waals surface area contributed by atoms with Crippen molar-refractivity contribution in [1.82, 2.24) is 20.1 Å². The lowest BCUT2D eigenvalue weighted by Crippen LogP contribution is -2.25. The number of H-pyrrole nitrogens is 1. The number of amides is 1. The molecule has 6 nitrogen and oxygen atoms in total. The van der Waals surface area contributed by atoms with Crippen molar-refractivity contribution in [2.45, 2.75) is 18.1 Å². The largest absolute Gasteiger partial charge is 0.344 e. The van der Waals surface area contributed by atoms with Gasteiger partial charge in [-0.25, -0.2) is 9.89 Å². The number of aromatic nitrogens is 3. The molecule has 0 fully saturated rings. The molecule has 2 rings (SSSR count). The predicted molar refractivity (Wildman–Crippen MR) is 85.6 cm³/mol. The highest BCUT2D eigenvalue weighted by Gasteiger charge is 2.11. The van der Waals surface area contributed by atoms with Gasteiger partial charge in [0.1, 0.15) is 0 Å². The van der Waals surface area contributed by atoms with E-state index < -0.39 is 0 Å². The highest BCUT2D eigenvalue weighted by Crippen LogP contribution is 2.13. The molecule has 0 aliphatic carbocycles. The van der Waals surface area contributed by atoms with E-state index in [9.17, 15) is 9.59 Å². The number of carbonyl (C=O) groups excluding carboxylic acids is 1. The van der Waals surface area contributed by atoms with E-state index in [1.807, 2.05) is 30.3 Å². The number of aromatic amines is 1. The molecular formula is C15H16N4O2S. The molecule has 0 aliphatic heterocycles. The molecular weight excluding hydrogens is 300 g/mol. The Morgan fingerprint density at radius 3 is 2.91 bits per heavy atom. The first-order chi connectivity index (χ1) is 10.7. The van der Waals surface area contributed by atoms with Crippen molar-refractivity contribution in [1.29, 1.82) is 0 Å². The highest BCUT2D eigenvalue weighted by atomic mass is 32.2. The van der Waals surface area contributed by atoms with Gasteiger partial charge in [-0.15, -0.1) is 11.5 Å². The van der Waals surface area contributed by atoms with Gasteiger partial charge in [-0.1, -0.05) is 48.0 Å². The molecule has 0 bridgehead atoms. The Labute approximate surface area is 132 Å². The van der Waals surface area contributed by atoms with Crippen LogP contribution in [0.1, 0.15) is 5.56 Å². The van der Waals surface area contributed by atoms with E-state index in [0.717, 1.165) is 12.0 Å². The van der Waals surface area contributed by atoms with Gasteiger partial charge < -0.3 is 5.32 Å². The van der Waals surface area contributed by atoms with E-state index in [1.54, 1.807) is 0 Å². The molecule has 1 amide bonds. The Morgan fingerprint density at radius 2 is 2.18 bits per heavy atom. The van der Waals surface area contributed by atoms with Crippen molar-refractivity contribution in [3.05, 3.63) is 46.4 Å². The fourth-order valence-corrected chi connectivity index (χ4v) is 2.63. The van der Waals surface area contributed by atoms with Gasteiger partial charge in [0, 0.05) is 6.54 Å². The number of benzene rings is 1. The Kier molecular flexibility index (Phi) is 5.86. The molecule has 0 saturated carbocycles. The molecule has 0 radical (unpaired) electrons. The number of rotatable bonds is 7. The molecule has 2 N–H and O–H groups in total. The summed E-state index contributed by atoms with van der Waals surface area (Å²) < 4.78 is 1.53. The third-order valence-corrected chi connectivity index (χ3v) is 3.89. The zero-order chi connectivity index (χ0) is 15.8. The van der Waals surface area contributed by atoms with Gasteiger partial charge in [0.15, 0.2) is 5.16 Å². The van der Waals surface area contributed by atoms with E-state index in [-0.39, 0.29) is 23.9 Å². The molecule has 0 aliphatic rings. The third kappa shape index (κ3) is 4.53. The normalized spacial score (nSPS) is 10.1. The molecule has 7 heteroatoms. The monoisotopic (exact) mass is 316 g/mol. The smallest absolute Gasteiger partial charge is 0.343 e. The van der Waals surface area contributed by atoms with Crippen LogP contribution in [0.4, 0.5) is 0 Å². The van der Waals surface area contributed by atoms with Gasteiger partial charge in [-0.2, -0.15) is 0 Å². The number of thioether (sulfide) groups is 1. The van der Waals surface area contributed by atoms with Crippen LogP contribution >= 0.6 is 11.8 Å². The number of hydrogen-bond donors (Lipinski definition) is 2. The standard InChI is InChI=1S/C15H16N4O2S/c1-2-9-16-13(20)11-22-15-18-17-14(21)19(15)10-8-12-6-4-3-5-7-12/h1,3-7H,8-11H2,(H,16,20)(H,17,21). The van der Waals surface area contributed by atoms with Crippen molar-refractivity contribution in [3.63, 3.8) is 0 Å². The van der Waals surface area contributed by atoms with Crippen molar-refractivity contribution in [3.8, 4) is 12.3 Å². The fraction of sp³-hybridized carbons (Fsp3) is 0.267. The topological polar surface area (TPSA) is 79.8 Å². The lowest BCUT2D eigenvalue weighted by atomic mass is 10.1. The molecule has 0 spiro atoms. The van der Waals surface area contributed by atoms with Gasteiger partial charge in [0.2, 0.25) is 5.91 Å². The number of nitrogens with zero attached hydrogens (tertiary/aromatic N) is 2. The summed E-state index contributed by atoms with van der Waals surface area (Å²) in [5.74, 6) is 2.31. The minimum absolute atomic E-state index is 0.164. The summed E-state index contributed by atoms with van der Waals surface area (Å²) in [7, 11) is 0. The number of nitrogens with one attached hydrogen (secondary N) is 2. The minimum Gasteiger partial charge on any atom is -0.344 e. The molecule has 0 atom stereocenters. The molecule has 2 aromatic rings. The number of carbonyl (C=O) groups is 1. The predicted octanol–water partition coefficient (Wildman–Crippen LogP) is 0.656. The number of hydrogen-bond acceptors (Lipinski definition) is 4. The van der Waals surface area contributed by atoms with Gasteiger partial charge in [-0.05, 0) is 12.0 Å². The van der Waals surface area contributed by atoms with Crippen molar-refractivity contribution in [2.75, 3.05) is 12.3 Å². The molecule has 0 saturated heterocycles. The zero-order valence-electron chi connectivity index (χ0n) is 11.9. The first-order valence-electron chi connectivity index (χ1n) is 6.73. The zero-order valence-corrected chi connectivity index (χ0v) is 12.7. The summed E-state index contributed by atoms with van der Waals surface area (Å²) in [4.78, 5) is 23.3. The van der Waals surface area contributed by atoms with Crippen LogP contribution in [0, 0.1) is 12.3 Å². The van der Waals surface area contributed by atoms with Crippen LogP contribution in [0.25, 0.3) is 0 Å². The van der Waals surface area contributed by atoms with Crippen LogP contribution < -0.4 is 11.0 Å². The lowest BCUT2D eigenvalue weighted by Gasteiger charge is -2.05. The summed E-state index contributed by atoms with van der Waals surface area (Å²) >= 11 is 1.20. The second kappa shape index (κ2) is 8.10. The molecule has 22 heavy (non-hydrogen) atoms. The van der Waals surface area contributed by atoms with Crippen LogP contribution in [-0.4, -0.2) is 33.0 Å². The van der Waals surface area contributed by atoms with Crippen LogP contribution in [0.3, 0.4) is 0 Å². The summed E-state index contributed by atoms with van der Waals surface area (Å²) in [6, 6.07) is 9.87. The van der Waals surface area contributed by atoms with Gasteiger partial charge in [0.05, 0.1) is 12.3 Å². The third-order valence-electron chi connectivity index (χ3n) is 2.91. The maximum Gasteiger partial charge on any atom is 0.343 e. The summed E-state index contributed by atoms with van der Waals surface area (Å²) in [5.41, 5.74) is 0.862. The van der Waals surface area contributed by atoms with Crippen molar-refractivity contribution < 1.29 is 4.79 Å². The second-order valence-electron chi connectivity index (χ2n) is 4.47. The molecule has 1 heterocycles. The summed E-state index contributed by atoms with van der Waals surface area (Å²) in [6.45, 7) is 0.703. The first-order valence-corrected chi connectivity index (χ1v) is 7.71. The average Bonchev–Trinajstić information content (AvgIpc) is 2.90. The Morgan fingerprint density at radius 1 is 1.41 bits per heavy atom. The first kappa shape index (κ1) is 15.9. The molecule has 0 unspecified atom stereocenters. The summed E-state index contributed by atoms with van der Waals surface area (Å²) in [6.07, 6.45) is 5.79. The number of aryl methyl sites for hydroxylation is 1. The van der Waals surface area contributed by atoms with Gasteiger partial charge in [0.25, 0.3) is 0 Å². The van der Waals surface area contributed by atoms with Crippen LogP contribution in [0.2, 0.25) is 0 Å². The van der Waals surface area contributed by atoms with E-state index >= 15 is 0 Å².